The highest BCUT2D eigenvalue weighted by Crippen LogP contribution is 2.18. The van der Waals surface area contributed by atoms with Gasteiger partial charge in [0.25, 0.3) is 0 Å². The Labute approximate surface area is 134 Å². The lowest BCUT2D eigenvalue weighted by Gasteiger charge is -2.02. The lowest BCUT2D eigenvalue weighted by Crippen LogP contribution is -2.08. The quantitative estimate of drug-likeness (QED) is 0.751. The summed E-state index contributed by atoms with van der Waals surface area (Å²) in [7, 11) is 1.57. The van der Waals surface area contributed by atoms with Gasteiger partial charge in [0.1, 0.15) is 11.6 Å². The maximum atomic E-state index is 13.5. The molecule has 1 heterocycles. The van der Waals surface area contributed by atoms with E-state index in [2.05, 4.69) is 5.32 Å². The number of anilines is 1. The van der Waals surface area contributed by atoms with Gasteiger partial charge in [-0.2, -0.15) is 0 Å². The van der Waals surface area contributed by atoms with Crippen LogP contribution in [0, 0.1) is 11.6 Å². The summed E-state index contributed by atoms with van der Waals surface area (Å²) in [6.45, 7) is 0. The van der Waals surface area contributed by atoms with Crippen LogP contribution in [0.25, 0.3) is 17.2 Å². The minimum absolute atomic E-state index is 0.294. The molecule has 0 aliphatic carbocycles. The van der Waals surface area contributed by atoms with Crippen molar-refractivity contribution in [3.05, 3.63) is 70.2 Å². The van der Waals surface area contributed by atoms with Crippen LogP contribution in [0.3, 0.4) is 0 Å². The Morgan fingerprint density at radius 3 is 2.62 bits per heavy atom. The van der Waals surface area contributed by atoms with Crippen LogP contribution >= 0.6 is 0 Å². The second kappa shape index (κ2) is 6.11. The monoisotopic (exact) mass is 330 g/mol. The molecule has 5 nitrogen and oxygen atoms in total. The van der Waals surface area contributed by atoms with Crippen molar-refractivity contribution in [2.45, 2.75) is 0 Å². The molecule has 0 radical (unpaired) electrons. The Morgan fingerprint density at radius 1 is 1.21 bits per heavy atom. The first kappa shape index (κ1) is 15.7. The average molecular weight is 330 g/mol. The number of aryl methyl sites for hydroxylation is 1. The Bertz CT molecular complexity index is 998. The van der Waals surface area contributed by atoms with Gasteiger partial charge in [-0.15, -0.1) is 0 Å². The lowest BCUT2D eigenvalue weighted by molar-refractivity contribution is -0.111. The summed E-state index contributed by atoms with van der Waals surface area (Å²) in [4.78, 5) is 23.3. The lowest BCUT2D eigenvalue weighted by atomic mass is 10.2. The van der Waals surface area contributed by atoms with E-state index in [9.17, 15) is 18.4 Å². The van der Waals surface area contributed by atoms with Crippen LogP contribution < -0.4 is 11.1 Å². The van der Waals surface area contributed by atoms with Crippen molar-refractivity contribution in [3.8, 4) is 0 Å². The summed E-state index contributed by atoms with van der Waals surface area (Å²) in [5, 5.41) is 2.53. The van der Waals surface area contributed by atoms with E-state index < -0.39 is 23.3 Å². The summed E-state index contributed by atoms with van der Waals surface area (Å²) in [6.07, 6.45) is 2.08. The Kier molecular flexibility index (Phi) is 3.99. The number of fused-ring (bicyclic) bond motifs is 1. The van der Waals surface area contributed by atoms with Gasteiger partial charge in [-0.25, -0.2) is 13.6 Å². The van der Waals surface area contributed by atoms with Crippen molar-refractivity contribution in [2.75, 3.05) is 5.32 Å². The molecule has 0 unspecified atom stereocenters. The van der Waals surface area contributed by atoms with Gasteiger partial charge in [-0.3, -0.25) is 9.36 Å². The number of carbonyl (C=O) groups is 1. The van der Waals surface area contributed by atoms with Crippen LogP contribution in [0.15, 0.2) is 51.7 Å². The number of oxazole rings is 1. The molecule has 0 saturated heterocycles. The van der Waals surface area contributed by atoms with Crippen LogP contribution in [0.4, 0.5) is 14.5 Å². The summed E-state index contributed by atoms with van der Waals surface area (Å²) in [5.41, 5.74) is 1.00. The Balaban J connectivity index is 1.80. The highest BCUT2D eigenvalue weighted by atomic mass is 19.1. The van der Waals surface area contributed by atoms with Crippen LogP contribution in [0.5, 0.6) is 0 Å². The van der Waals surface area contributed by atoms with Crippen molar-refractivity contribution >= 4 is 28.8 Å². The standard InChI is InChI=1S/C17H12F2N2O3/c1-21-14-7-5-10(9-15(14)24-17(21)23)20-16(22)8-6-11-12(18)3-2-4-13(11)19/h2-9H,1H3,(H,20,22). The van der Waals surface area contributed by atoms with Crippen molar-refractivity contribution in [1.29, 1.82) is 0 Å². The smallest absolute Gasteiger partial charge is 0.408 e. The zero-order valence-corrected chi connectivity index (χ0v) is 12.5. The highest BCUT2D eigenvalue weighted by Gasteiger charge is 2.08. The van der Waals surface area contributed by atoms with Crippen molar-refractivity contribution in [3.63, 3.8) is 0 Å². The molecule has 3 rings (SSSR count). The minimum atomic E-state index is -0.758. The summed E-state index contributed by atoms with van der Waals surface area (Å²) >= 11 is 0. The maximum absolute atomic E-state index is 13.5. The molecule has 0 aliphatic rings. The Hall–Kier alpha value is -3.22. The Morgan fingerprint density at radius 2 is 1.92 bits per heavy atom. The van der Waals surface area contributed by atoms with Crippen molar-refractivity contribution < 1.29 is 18.0 Å². The molecule has 0 saturated carbocycles. The molecular weight excluding hydrogens is 318 g/mol. The highest BCUT2D eigenvalue weighted by molar-refractivity contribution is 6.02. The van der Waals surface area contributed by atoms with Crippen LogP contribution in [0.2, 0.25) is 0 Å². The number of benzene rings is 2. The molecule has 3 aromatic rings. The fourth-order valence-corrected chi connectivity index (χ4v) is 2.22. The number of hydrogen-bond acceptors (Lipinski definition) is 3. The molecule has 0 bridgehead atoms. The van der Waals surface area contributed by atoms with Gasteiger partial charge >= 0.3 is 5.76 Å². The zero-order chi connectivity index (χ0) is 17.3. The molecule has 7 heteroatoms. The van der Waals surface area contributed by atoms with E-state index in [1.165, 1.54) is 16.7 Å². The number of rotatable bonds is 3. The molecule has 0 aliphatic heterocycles. The largest absolute Gasteiger partial charge is 0.419 e. The van der Waals surface area contributed by atoms with Crippen molar-refractivity contribution in [2.24, 2.45) is 7.05 Å². The predicted octanol–water partition coefficient (Wildman–Crippen LogP) is 3.06. The first-order valence-electron chi connectivity index (χ1n) is 6.98. The molecule has 1 amide bonds. The van der Waals surface area contributed by atoms with E-state index >= 15 is 0 Å². The van der Waals surface area contributed by atoms with E-state index in [0.29, 0.717) is 16.8 Å². The number of halogens is 2. The maximum Gasteiger partial charge on any atom is 0.419 e. The van der Waals surface area contributed by atoms with Gasteiger partial charge in [0, 0.05) is 30.4 Å². The van der Waals surface area contributed by atoms with Gasteiger partial charge in [-0.05, 0) is 30.3 Å². The van der Waals surface area contributed by atoms with E-state index in [1.807, 2.05) is 0 Å². The van der Waals surface area contributed by atoms with Gasteiger partial charge in [0.2, 0.25) is 5.91 Å². The minimum Gasteiger partial charge on any atom is -0.408 e. The van der Waals surface area contributed by atoms with E-state index in [4.69, 9.17) is 4.42 Å². The van der Waals surface area contributed by atoms with Crippen LogP contribution in [-0.2, 0) is 11.8 Å². The zero-order valence-electron chi connectivity index (χ0n) is 12.5. The van der Waals surface area contributed by atoms with Gasteiger partial charge in [0.15, 0.2) is 5.58 Å². The van der Waals surface area contributed by atoms with Gasteiger partial charge in [-0.1, -0.05) is 6.07 Å². The van der Waals surface area contributed by atoms with Gasteiger partial charge in [0.05, 0.1) is 5.52 Å². The van der Waals surface area contributed by atoms with E-state index in [1.54, 1.807) is 19.2 Å². The normalized spacial score (nSPS) is 11.3. The third kappa shape index (κ3) is 2.96. The number of nitrogens with zero attached hydrogens (tertiary/aromatic N) is 1. The number of aromatic nitrogens is 1. The number of nitrogens with one attached hydrogen (secondary N) is 1. The second-order valence-corrected chi connectivity index (χ2v) is 5.07. The second-order valence-electron chi connectivity index (χ2n) is 5.07. The van der Waals surface area contributed by atoms with Crippen molar-refractivity contribution in [1.82, 2.24) is 4.57 Å². The molecule has 0 atom stereocenters. The SMILES string of the molecule is Cn1c(=O)oc2cc(NC(=O)C=Cc3c(F)cccc3F)ccc21. The van der Waals surface area contributed by atoms with E-state index in [-0.39, 0.29) is 5.56 Å². The molecule has 24 heavy (non-hydrogen) atoms. The third-order valence-corrected chi connectivity index (χ3v) is 3.46. The first-order chi connectivity index (χ1) is 11.5. The third-order valence-electron chi connectivity index (χ3n) is 3.46. The summed E-state index contributed by atoms with van der Waals surface area (Å²) < 4.78 is 33.3. The molecule has 122 valence electrons. The van der Waals surface area contributed by atoms with Crippen LogP contribution in [-0.4, -0.2) is 10.5 Å². The number of amides is 1. The fourth-order valence-electron chi connectivity index (χ4n) is 2.22. The molecule has 0 spiro atoms. The number of hydrogen-bond donors (Lipinski definition) is 1. The van der Waals surface area contributed by atoms with Gasteiger partial charge < -0.3 is 9.73 Å². The molecular formula is C17H12F2N2O3. The molecule has 2 aromatic carbocycles. The molecule has 0 fully saturated rings. The summed E-state index contributed by atoms with van der Waals surface area (Å²) in [6, 6.07) is 8.15. The molecule has 1 N–H and O–H groups in total. The number of carbonyl (C=O) groups excluding carboxylic acids is 1. The van der Waals surface area contributed by atoms with E-state index in [0.717, 1.165) is 24.3 Å². The first-order valence-corrected chi connectivity index (χ1v) is 6.98. The average Bonchev–Trinajstić information content (AvgIpc) is 2.81. The topological polar surface area (TPSA) is 64.2 Å². The summed E-state index contributed by atoms with van der Waals surface area (Å²) in [5.74, 6) is -2.60. The molecule has 1 aromatic heterocycles. The predicted molar refractivity (Wildman–Crippen MR) is 85.5 cm³/mol. The fraction of sp³-hybridized carbons (Fsp3) is 0.0588. The van der Waals surface area contributed by atoms with Crippen LogP contribution in [0.1, 0.15) is 5.56 Å².